The maximum Gasteiger partial charge on any atom is 0.310 e. The number of ether oxygens (including phenoxy) is 2. The molecule has 1 aliphatic heterocycles. The topological polar surface area (TPSA) is 98.8 Å². The molecule has 1 fully saturated rings. The molecule has 23 heavy (non-hydrogen) atoms. The predicted molar refractivity (Wildman–Crippen MR) is 82.9 cm³/mol. The van der Waals surface area contributed by atoms with Gasteiger partial charge in [-0.3, -0.25) is 9.59 Å². The van der Waals surface area contributed by atoms with Crippen molar-refractivity contribution in [2.45, 2.75) is 18.9 Å². The maximum atomic E-state index is 11.7. The molecule has 0 aromatic heterocycles. The first-order valence-electron chi connectivity index (χ1n) is 7.16. The van der Waals surface area contributed by atoms with E-state index in [0.717, 1.165) is 5.56 Å². The lowest BCUT2D eigenvalue weighted by Crippen LogP contribution is -2.38. The van der Waals surface area contributed by atoms with Crippen molar-refractivity contribution in [1.29, 1.82) is 0 Å². The van der Waals surface area contributed by atoms with Gasteiger partial charge in [-0.2, -0.15) is 0 Å². The van der Waals surface area contributed by atoms with Crippen LogP contribution >= 0.6 is 0 Å². The molecule has 1 amide bonds. The lowest BCUT2D eigenvalue weighted by atomic mass is 10.1. The summed E-state index contributed by atoms with van der Waals surface area (Å²) in [4.78, 5) is 23.4. The summed E-state index contributed by atoms with van der Waals surface area (Å²) in [5.41, 5.74) is 0.719. The number of carbonyl (C=O) groups excluding carboxylic acids is 2. The third-order valence-corrected chi connectivity index (χ3v) is 5.21. The van der Waals surface area contributed by atoms with E-state index in [-0.39, 0.29) is 17.9 Å². The average Bonchev–Trinajstić information content (AvgIpc) is 2.84. The van der Waals surface area contributed by atoms with Gasteiger partial charge in [-0.25, -0.2) is 8.42 Å². The second kappa shape index (κ2) is 7.45. The Kier molecular flexibility index (Phi) is 5.59. The molecule has 1 heterocycles. The van der Waals surface area contributed by atoms with Crippen molar-refractivity contribution in [3.8, 4) is 5.75 Å². The van der Waals surface area contributed by atoms with E-state index < -0.39 is 34.4 Å². The van der Waals surface area contributed by atoms with E-state index in [1.165, 1.54) is 7.11 Å². The Hall–Kier alpha value is -2.09. The average molecular weight is 341 g/mol. The van der Waals surface area contributed by atoms with Crippen LogP contribution in [0.1, 0.15) is 12.0 Å². The highest BCUT2D eigenvalue weighted by Crippen LogP contribution is 2.13. The third-order valence-electron chi connectivity index (χ3n) is 3.44. The molecule has 0 saturated carbocycles. The number of sulfone groups is 1. The Morgan fingerprint density at radius 3 is 2.78 bits per heavy atom. The van der Waals surface area contributed by atoms with E-state index in [1.807, 2.05) is 0 Å². The molecular formula is C15H19NO6S. The van der Waals surface area contributed by atoms with Crippen LogP contribution < -0.4 is 10.1 Å². The first kappa shape index (κ1) is 17.3. The molecule has 0 aliphatic carbocycles. The molecule has 126 valence electrons. The summed E-state index contributed by atoms with van der Waals surface area (Å²) in [7, 11) is -1.52. The number of esters is 1. The Balaban J connectivity index is 1.74. The standard InChI is InChI=1S/C15H19NO6S/c1-21-13-4-2-3-11(7-13)8-15(18)22-9-14(17)16-12-5-6-23(19,20)10-12/h2-4,7,12H,5-6,8-10H2,1H3,(H,16,17)/t12-/m1/s1. The van der Waals surface area contributed by atoms with Gasteiger partial charge < -0.3 is 14.8 Å². The van der Waals surface area contributed by atoms with Gasteiger partial charge in [0.1, 0.15) is 5.75 Å². The van der Waals surface area contributed by atoms with Crippen LogP contribution in [0, 0.1) is 0 Å². The van der Waals surface area contributed by atoms with Crippen LogP contribution in [0.25, 0.3) is 0 Å². The molecule has 1 aliphatic rings. The molecule has 1 N–H and O–H groups in total. The number of hydrogen-bond donors (Lipinski definition) is 1. The van der Waals surface area contributed by atoms with Crippen LogP contribution in [-0.4, -0.2) is 51.6 Å². The normalized spacial score (nSPS) is 19.1. The smallest absolute Gasteiger partial charge is 0.310 e. The number of benzene rings is 1. The number of rotatable bonds is 6. The fourth-order valence-corrected chi connectivity index (χ4v) is 4.00. The predicted octanol–water partition coefficient (Wildman–Crippen LogP) is 0.0842. The van der Waals surface area contributed by atoms with E-state index in [0.29, 0.717) is 12.2 Å². The summed E-state index contributed by atoms with van der Waals surface area (Å²) in [6.07, 6.45) is 0.425. The molecule has 1 aromatic carbocycles. The lowest BCUT2D eigenvalue weighted by Gasteiger charge is -2.11. The number of hydrogen-bond acceptors (Lipinski definition) is 6. The molecule has 0 spiro atoms. The van der Waals surface area contributed by atoms with E-state index in [2.05, 4.69) is 5.32 Å². The zero-order valence-electron chi connectivity index (χ0n) is 12.8. The Labute approximate surface area is 134 Å². The van der Waals surface area contributed by atoms with Crippen molar-refractivity contribution < 1.29 is 27.5 Å². The Morgan fingerprint density at radius 2 is 2.13 bits per heavy atom. The summed E-state index contributed by atoms with van der Waals surface area (Å²) in [6.45, 7) is -0.417. The Morgan fingerprint density at radius 1 is 1.35 bits per heavy atom. The van der Waals surface area contributed by atoms with Gasteiger partial charge in [-0.05, 0) is 24.1 Å². The van der Waals surface area contributed by atoms with Gasteiger partial charge in [-0.15, -0.1) is 0 Å². The van der Waals surface area contributed by atoms with Crippen LogP contribution in [-0.2, 0) is 30.6 Å². The minimum atomic E-state index is -3.05. The van der Waals surface area contributed by atoms with Crippen molar-refractivity contribution in [3.05, 3.63) is 29.8 Å². The highest BCUT2D eigenvalue weighted by atomic mass is 32.2. The fourth-order valence-electron chi connectivity index (χ4n) is 2.32. The van der Waals surface area contributed by atoms with Gasteiger partial charge in [-0.1, -0.05) is 12.1 Å². The van der Waals surface area contributed by atoms with Crippen molar-refractivity contribution in [1.82, 2.24) is 5.32 Å². The van der Waals surface area contributed by atoms with E-state index in [1.54, 1.807) is 24.3 Å². The summed E-state index contributed by atoms with van der Waals surface area (Å²) in [6, 6.07) is 6.59. The first-order valence-corrected chi connectivity index (χ1v) is 8.98. The summed E-state index contributed by atoms with van der Waals surface area (Å²) in [5, 5.41) is 2.56. The van der Waals surface area contributed by atoms with Crippen LogP contribution in [0.3, 0.4) is 0 Å². The van der Waals surface area contributed by atoms with Crippen molar-refractivity contribution in [3.63, 3.8) is 0 Å². The largest absolute Gasteiger partial charge is 0.497 e. The summed E-state index contributed by atoms with van der Waals surface area (Å²) in [5.74, 6) is -0.376. The quantitative estimate of drug-likeness (QED) is 0.736. The molecule has 7 nitrogen and oxygen atoms in total. The van der Waals surface area contributed by atoms with Crippen LogP contribution in [0.4, 0.5) is 0 Å². The van der Waals surface area contributed by atoms with Gasteiger partial charge in [0.05, 0.1) is 25.0 Å². The molecule has 2 rings (SSSR count). The molecule has 0 unspecified atom stereocenters. The Bertz CT molecular complexity index is 685. The maximum absolute atomic E-state index is 11.7. The number of nitrogens with one attached hydrogen (secondary N) is 1. The summed E-state index contributed by atoms with van der Waals surface area (Å²) >= 11 is 0. The molecule has 8 heteroatoms. The van der Waals surface area contributed by atoms with Gasteiger partial charge in [0.25, 0.3) is 5.91 Å². The lowest BCUT2D eigenvalue weighted by molar-refractivity contribution is -0.148. The van der Waals surface area contributed by atoms with Gasteiger partial charge in [0.2, 0.25) is 0 Å². The van der Waals surface area contributed by atoms with Crippen molar-refractivity contribution in [2.24, 2.45) is 0 Å². The number of methoxy groups -OCH3 is 1. The SMILES string of the molecule is COc1cccc(CC(=O)OCC(=O)N[C@@H]2CCS(=O)(=O)C2)c1. The fraction of sp³-hybridized carbons (Fsp3) is 0.467. The highest BCUT2D eigenvalue weighted by molar-refractivity contribution is 7.91. The number of amides is 1. The van der Waals surface area contributed by atoms with E-state index in [9.17, 15) is 18.0 Å². The van der Waals surface area contributed by atoms with Gasteiger partial charge in [0.15, 0.2) is 16.4 Å². The minimum Gasteiger partial charge on any atom is -0.497 e. The van der Waals surface area contributed by atoms with Crippen LogP contribution in [0.5, 0.6) is 5.75 Å². The second-order valence-electron chi connectivity index (χ2n) is 5.36. The van der Waals surface area contributed by atoms with Crippen LogP contribution in [0.2, 0.25) is 0 Å². The highest BCUT2D eigenvalue weighted by Gasteiger charge is 2.29. The zero-order chi connectivity index (χ0) is 16.9. The number of carbonyl (C=O) groups is 2. The zero-order valence-corrected chi connectivity index (χ0v) is 13.6. The molecule has 1 saturated heterocycles. The minimum absolute atomic E-state index is 0.0300. The molecule has 1 aromatic rings. The van der Waals surface area contributed by atoms with Crippen LogP contribution in [0.15, 0.2) is 24.3 Å². The monoisotopic (exact) mass is 341 g/mol. The summed E-state index contributed by atoms with van der Waals surface area (Å²) < 4.78 is 32.6. The molecular weight excluding hydrogens is 322 g/mol. The van der Waals surface area contributed by atoms with Gasteiger partial charge >= 0.3 is 5.97 Å². The molecule has 1 atom stereocenters. The van der Waals surface area contributed by atoms with E-state index >= 15 is 0 Å². The van der Waals surface area contributed by atoms with Gasteiger partial charge in [0, 0.05) is 6.04 Å². The molecule has 0 radical (unpaired) electrons. The molecule has 0 bridgehead atoms. The van der Waals surface area contributed by atoms with E-state index in [4.69, 9.17) is 9.47 Å². The van der Waals surface area contributed by atoms with Crippen molar-refractivity contribution >= 4 is 21.7 Å². The third kappa shape index (κ3) is 5.55. The first-order chi connectivity index (χ1) is 10.9. The van der Waals surface area contributed by atoms with Crippen molar-refractivity contribution in [2.75, 3.05) is 25.2 Å². The second-order valence-corrected chi connectivity index (χ2v) is 7.59.